The van der Waals surface area contributed by atoms with Gasteiger partial charge in [0.15, 0.2) is 5.17 Å². The molecular weight excluding hydrogens is 310 g/mol. The highest BCUT2D eigenvalue weighted by atomic mass is 32.2. The maximum atomic E-state index is 12.5. The molecule has 6 heteroatoms. The molecule has 23 heavy (non-hydrogen) atoms. The number of nitrogens with one attached hydrogen (secondary N) is 1. The lowest BCUT2D eigenvalue weighted by Crippen LogP contribution is -2.34. The number of carbonyl (C=O) groups excluding carboxylic acids is 2. The van der Waals surface area contributed by atoms with Crippen molar-refractivity contribution < 1.29 is 9.59 Å². The Morgan fingerprint density at radius 2 is 2.09 bits per heavy atom. The number of aryl methyl sites for hydroxylation is 2. The smallest absolute Gasteiger partial charge is 0.242 e. The Morgan fingerprint density at radius 1 is 1.35 bits per heavy atom. The average Bonchev–Trinajstić information content (AvgIpc) is 2.78. The first-order valence-electron chi connectivity index (χ1n) is 7.87. The summed E-state index contributed by atoms with van der Waals surface area (Å²) in [6.45, 7) is 8.94. The Hall–Kier alpha value is -1.82. The van der Waals surface area contributed by atoms with Crippen molar-refractivity contribution >= 4 is 34.4 Å². The van der Waals surface area contributed by atoms with E-state index in [0.717, 1.165) is 16.8 Å². The monoisotopic (exact) mass is 333 g/mol. The van der Waals surface area contributed by atoms with E-state index in [0.29, 0.717) is 18.3 Å². The number of thioether (sulfide) groups is 1. The second-order valence-electron chi connectivity index (χ2n) is 5.53. The van der Waals surface area contributed by atoms with Gasteiger partial charge < -0.3 is 5.32 Å². The minimum atomic E-state index is -0.384. The van der Waals surface area contributed by atoms with Crippen LogP contribution in [0.3, 0.4) is 0 Å². The molecule has 1 aliphatic rings. The zero-order chi connectivity index (χ0) is 17.0. The van der Waals surface area contributed by atoms with Crippen LogP contribution in [0, 0.1) is 13.8 Å². The predicted octanol–water partition coefficient (Wildman–Crippen LogP) is 2.78. The van der Waals surface area contributed by atoms with E-state index in [1.165, 1.54) is 11.8 Å². The minimum absolute atomic E-state index is 0.0344. The van der Waals surface area contributed by atoms with Crippen LogP contribution in [0.2, 0.25) is 0 Å². The van der Waals surface area contributed by atoms with E-state index in [1.807, 2.05) is 45.9 Å². The van der Waals surface area contributed by atoms with Crippen LogP contribution in [0.5, 0.6) is 0 Å². The normalized spacial score (nSPS) is 19.5. The zero-order valence-corrected chi connectivity index (χ0v) is 14.9. The average molecular weight is 333 g/mol. The maximum Gasteiger partial charge on any atom is 0.242 e. The van der Waals surface area contributed by atoms with Crippen LogP contribution in [0.25, 0.3) is 0 Å². The van der Waals surface area contributed by atoms with Crippen LogP contribution in [0.4, 0.5) is 5.69 Å². The highest BCUT2D eigenvalue weighted by Gasteiger charge is 2.38. The summed E-state index contributed by atoms with van der Waals surface area (Å²) in [7, 11) is 0. The van der Waals surface area contributed by atoms with Crippen LogP contribution in [0.15, 0.2) is 23.2 Å². The van der Waals surface area contributed by atoms with Crippen LogP contribution in [0.1, 0.15) is 31.4 Å². The van der Waals surface area contributed by atoms with E-state index in [4.69, 9.17) is 0 Å². The predicted molar refractivity (Wildman–Crippen MR) is 95.1 cm³/mol. The molecule has 0 saturated carbocycles. The van der Waals surface area contributed by atoms with Crippen molar-refractivity contribution in [2.24, 2.45) is 4.99 Å². The number of benzene rings is 1. The van der Waals surface area contributed by atoms with Crippen molar-refractivity contribution in [1.82, 2.24) is 10.2 Å². The molecule has 1 unspecified atom stereocenters. The Bertz CT molecular complexity index is 643. The fourth-order valence-electron chi connectivity index (χ4n) is 2.40. The molecule has 0 aliphatic carbocycles. The third-order valence-electron chi connectivity index (χ3n) is 3.66. The quantitative estimate of drug-likeness (QED) is 0.901. The van der Waals surface area contributed by atoms with Gasteiger partial charge in [-0.05, 0) is 44.9 Å². The summed E-state index contributed by atoms with van der Waals surface area (Å²) in [4.78, 5) is 30.6. The van der Waals surface area contributed by atoms with Crippen LogP contribution in [-0.2, 0) is 9.59 Å². The highest BCUT2D eigenvalue weighted by Crippen LogP contribution is 2.32. The van der Waals surface area contributed by atoms with Gasteiger partial charge in [-0.3, -0.25) is 14.5 Å². The summed E-state index contributed by atoms with van der Waals surface area (Å²) in [5.74, 6) is -0.129. The summed E-state index contributed by atoms with van der Waals surface area (Å²) < 4.78 is 0. The third kappa shape index (κ3) is 4.13. The number of nitrogens with zero attached hydrogens (tertiary/aromatic N) is 2. The molecule has 1 heterocycles. The SMILES string of the molecule is CCNC(=O)CC1SC(=Nc2cc(C)ccc2C)N(CC)C1=O. The summed E-state index contributed by atoms with van der Waals surface area (Å²) in [6.07, 6.45) is 0.194. The third-order valence-corrected chi connectivity index (χ3v) is 4.84. The molecule has 1 saturated heterocycles. The molecule has 5 nitrogen and oxygen atoms in total. The summed E-state index contributed by atoms with van der Waals surface area (Å²) >= 11 is 1.38. The minimum Gasteiger partial charge on any atom is -0.356 e. The molecule has 1 atom stereocenters. The van der Waals surface area contributed by atoms with Crippen molar-refractivity contribution in [2.45, 2.75) is 39.4 Å². The Kier molecular flexibility index (Phi) is 5.82. The number of hydrogen-bond acceptors (Lipinski definition) is 4. The lowest BCUT2D eigenvalue weighted by molar-refractivity contribution is -0.129. The van der Waals surface area contributed by atoms with Gasteiger partial charge in [-0.15, -0.1) is 0 Å². The van der Waals surface area contributed by atoms with Gasteiger partial charge in [0.2, 0.25) is 11.8 Å². The molecule has 1 N–H and O–H groups in total. The lowest BCUT2D eigenvalue weighted by atomic mass is 10.1. The molecule has 0 radical (unpaired) electrons. The second-order valence-corrected chi connectivity index (χ2v) is 6.70. The molecule has 1 aromatic rings. The molecule has 1 fully saturated rings. The Balaban J connectivity index is 2.24. The molecule has 1 aliphatic heterocycles. The number of carbonyl (C=O) groups is 2. The summed E-state index contributed by atoms with van der Waals surface area (Å²) in [6, 6.07) is 6.08. The number of amidine groups is 1. The molecule has 0 aromatic heterocycles. The van der Waals surface area contributed by atoms with Gasteiger partial charge in [-0.25, -0.2) is 4.99 Å². The van der Waals surface area contributed by atoms with Gasteiger partial charge in [-0.1, -0.05) is 23.9 Å². The van der Waals surface area contributed by atoms with Gasteiger partial charge in [0.05, 0.1) is 5.69 Å². The first kappa shape index (κ1) is 17.5. The van der Waals surface area contributed by atoms with E-state index < -0.39 is 0 Å². The topological polar surface area (TPSA) is 61.8 Å². The van der Waals surface area contributed by atoms with Gasteiger partial charge in [0, 0.05) is 19.5 Å². The van der Waals surface area contributed by atoms with Gasteiger partial charge in [0.1, 0.15) is 5.25 Å². The summed E-state index contributed by atoms with van der Waals surface area (Å²) in [5.41, 5.74) is 3.07. The van der Waals surface area contributed by atoms with Crippen molar-refractivity contribution in [3.8, 4) is 0 Å². The molecule has 124 valence electrons. The van der Waals surface area contributed by atoms with E-state index in [2.05, 4.69) is 10.3 Å². The molecular formula is C17H23N3O2S. The van der Waals surface area contributed by atoms with Gasteiger partial charge >= 0.3 is 0 Å². The lowest BCUT2D eigenvalue weighted by Gasteiger charge is -2.13. The van der Waals surface area contributed by atoms with E-state index >= 15 is 0 Å². The number of hydrogen-bond donors (Lipinski definition) is 1. The largest absolute Gasteiger partial charge is 0.356 e. The molecule has 0 spiro atoms. The van der Waals surface area contributed by atoms with Crippen molar-refractivity contribution in [3.05, 3.63) is 29.3 Å². The number of rotatable bonds is 5. The Morgan fingerprint density at radius 3 is 2.74 bits per heavy atom. The highest BCUT2D eigenvalue weighted by molar-refractivity contribution is 8.15. The van der Waals surface area contributed by atoms with E-state index in [1.54, 1.807) is 4.90 Å². The fraction of sp³-hybridized carbons (Fsp3) is 0.471. The second kappa shape index (κ2) is 7.64. The fourth-order valence-corrected chi connectivity index (χ4v) is 3.61. The van der Waals surface area contributed by atoms with Crippen molar-refractivity contribution in [2.75, 3.05) is 13.1 Å². The number of amides is 2. The standard InChI is InChI=1S/C17H23N3O2S/c1-5-18-15(21)10-14-16(22)20(6-2)17(23-14)19-13-9-11(3)7-8-12(13)4/h7-9,14H,5-6,10H2,1-4H3,(H,18,21). The first-order valence-corrected chi connectivity index (χ1v) is 8.74. The molecule has 2 rings (SSSR count). The Labute approximate surface area is 141 Å². The van der Waals surface area contributed by atoms with Crippen molar-refractivity contribution in [1.29, 1.82) is 0 Å². The van der Waals surface area contributed by atoms with Gasteiger partial charge in [-0.2, -0.15) is 0 Å². The van der Waals surface area contributed by atoms with Crippen molar-refractivity contribution in [3.63, 3.8) is 0 Å². The molecule has 2 amide bonds. The molecule has 0 bridgehead atoms. The maximum absolute atomic E-state index is 12.5. The van der Waals surface area contributed by atoms with Crippen LogP contribution in [-0.4, -0.2) is 40.2 Å². The van der Waals surface area contributed by atoms with Crippen LogP contribution < -0.4 is 5.32 Å². The van der Waals surface area contributed by atoms with Gasteiger partial charge in [0.25, 0.3) is 0 Å². The summed E-state index contributed by atoms with van der Waals surface area (Å²) in [5, 5.41) is 3.04. The first-order chi connectivity index (χ1) is 11.0. The van der Waals surface area contributed by atoms with E-state index in [-0.39, 0.29) is 23.5 Å². The van der Waals surface area contributed by atoms with E-state index in [9.17, 15) is 9.59 Å². The zero-order valence-electron chi connectivity index (χ0n) is 14.0. The van der Waals surface area contributed by atoms with Crippen LogP contribution >= 0.6 is 11.8 Å². The molecule has 1 aromatic carbocycles. The number of aliphatic imine (C=N–C) groups is 1.